The average molecular weight is 417 g/mol. The zero-order chi connectivity index (χ0) is 22.2. The van der Waals surface area contributed by atoms with Crippen molar-refractivity contribution in [3.63, 3.8) is 0 Å². The molecule has 0 amide bonds. The van der Waals surface area contributed by atoms with Gasteiger partial charge in [0.2, 0.25) is 5.78 Å². The van der Waals surface area contributed by atoms with E-state index < -0.39 is 0 Å². The van der Waals surface area contributed by atoms with Crippen LogP contribution in [-0.2, 0) is 6.61 Å². The van der Waals surface area contributed by atoms with E-state index in [0.717, 1.165) is 5.56 Å². The molecule has 31 heavy (non-hydrogen) atoms. The van der Waals surface area contributed by atoms with Crippen molar-refractivity contribution in [1.82, 2.24) is 0 Å². The van der Waals surface area contributed by atoms with Crippen molar-refractivity contribution in [2.75, 3.05) is 14.2 Å². The van der Waals surface area contributed by atoms with E-state index in [9.17, 15) is 14.4 Å². The minimum Gasteiger partial charge on any atom is -0.497 e. The maximum atomic E-state index is 13.0. The molecular weight excluding hydrogens is 397 g/mol. The van der Waals surface area contributed by atoms with Crippen LogP contribution in [-0.4, -0.2) is 20.0 Å². The molecule has 0 atom stereocenters. The maximum absolute atomic E-state index is 13.0. The highest BCUT2D eigenvalue weighted by Crippen LogP contribution is 2.30. The van der Waals surface area contributed by atoms with E-state index in [4.69, 9.17) is 14.2 Å². The first kappa shape index (κ1) is 21.6. The molecule has 6 heteroatoms. The Morgan fingerprint density at radius 2 is 1.68 bits per heavy atom. The van der Waals surface area contributed by atoms with Crippen molar-refractivity contribution in [2.45, 2.75) is 6.61 Å². The Labute approximate surface area is 179 Å². The molecule has 0 heterocycles. The molecule has 0 bridgehead atoms. The van der Waals surface area contributed by atoms with Crippen molar-refractivity contribution in [2.24, 2.45) is 0 Å². The third-order valence-corrected chi connectivity index (χ3v) is 4.52. The Bertz CT molecular complexity index is 1130. The summed E-state index contributed by atoms with van der Waals surface area (Å²) >= 11 is 0. The normalized spacial score (nSPS) is 10.8. The number of hydrogen-bond donors (Lipinski definition) is 0. The van der Waals surface area contributed by atoms with Crippen LogP contribution in [0.5, 0.6) is 17.2 Å². The highest BCUT2D eigenvalue weighted by Gasteiger charge is 2.13. The third kappa shape index (κ3) is 5.49. The van der Waals surface area contributed by atoms with Crippen molar-refractivity contribution in [1.29, 1.82) is 5.26 Å². The molecule has 0 spiro atoms. The minimum absolute atomic E-state index is 0.00722. The van der Waals surface area contributed by atoms with Gasteiger partial charge in [-0.2, -0.15) is 5.26 Å². The fourth-order valence-electron chi connectivity index (χ4n) is 2.85. The summed E-state index contributed by atoms with van der Waals surface area (Å²) in [5.41, 5.74) is 1.81. The highest BCUT2D eigenvalue weighted by molar-refractivity contribution is 6.14. The lowest BCUT2D eigenvalue weighted by Gasteiger charge is -2.11. The number of ether oxygens (including phenoxy) is 3. The number of Topliss-reactive ketones (excluding diaryl/α,β-unsaturated/α-hetero) is 1. The molecule has 3 aromatic carbocycles. The number of allylic oxidation sites excluding steroid dienone is 1. The Morgan fingerprint density at radius 1 is 0.968 bits per heavy atom. The number of benzene rings is 3. The maximum Gasteiger partial charge on any atom is 0.203 e. The number of carbonyl (C=O) groups is 1. The number of hydrogen-bond acceptors (Lipinski definition) is 5. The Kier molecular flexibility index (Phi) is 7.02. The topological polar surface area (TPSA) is 68.6 Å². The minimum atomic E-state index is -0.388. The molecule has 0 aliphatic carbocycles. The van der Waals surface area contributed by atoms with Gasteiger partial charge in [0, 0.05) is 5.56 Å². The van der Waals surface area contributed by atoms with Gasteiger partial charge >= 0.3 is 0 Å². The molecule has 3 aromatic rings. The molecule has 0 aliphatic rings. The molecule has 0 saturated carbocycles. The highest BCUT2D eigenvalue weighted by atomic mass is 19.1. The van der Waals surface area contributed by atoms with E-state index in [1.807, 2.05) is 6.07 Å². The van der Waals surface area contributed by atoms with Crippen LogP contribution in [0, 0.1) is 17.1 Å². The molecule has 3 rings (SSSR count). The van der Waals surface area contributed by atoms with Crippen molar-refractivity contribution in [3.8, 4) is 23.3 Å². The molecule has 0 fully saturated rings. The molecule has 0 saturated heterocycles. The molecule has 0 aliphatic heterocycles. The van der Waals surface area contributed by atoms with Gasteiger partial charge < -0.3 is 14.2 Å². The van der Waals surface area contributed by atoms with Gasteiger partial charge in [-0.15, -0.1) is 0 Å². The number of carbonyl (C=O) groups excluding carboxylic acids is 1. The fourth-order valence-corrected chi connectivity index (χ4v) is 2.85. The van der Waals surface area contributed by atoms with E-state index in [-0.39, 0.29) is 23.8 Å². The van der Waals surface area contributed by atoms with Crippen LogP contribution in [0.15, 0.2) is 72.3 Å². The lowest BCUT2D eigenvalue weighted by atomic mass is 10.0. The van der Waals surface area contributed by atoms with Gasteiger partial charge in [-0.1, -0.05) is 18.2 Å². The lowest BCUT2D eigenvalue weighted by Crippen LogP contribution is -2.02. The fraction of sp³-hybridized carbons (Fsp3) is 0.120. The zero-order valence-electron chi connectivity index (χ0n) is 17.1. The van der Waals surface area contributed by atoms with Gasteiger partial charge in [0.1, 0.15) is 29.8 Å². The average Bonchev–Trinajstić information content (AvgIpc) is 2.82. The SMILES string of the molecule is COc1ccc(C(=O)/C(C#N)=C/c2ccc(OCc3ccc(F)cc3)c(OC)c2)cc1. The summed E-state index contributed by atoms with van der Waals surface area (Å²) in [7, 11) is 3.04. The van der Waals surface area contributed by atoms with Gasteiger partial charge in [-0.05, 0) is 65.7 Å². The molecule has 0 radical (unpaired) electrons. The predicted molar refractivity (Wildman–Crippen MR) is 115 cm³/mol. The third-order valence-electron chi connectivity index (χ3n) is 4.52. The first-order valence-electron chi connectivity index (χ1n) is 9.40. The molecule has 156 valence electrons. The summed E-state index contributed by atoms with van der Waals surface area (Å²) in [5, 5.41) is 9.48. The first-order chi connectivity index (χ1) is 15.0. The quantitative estimate of drug-likeness (QED) is 0.286. The van der Waals surface area contributed by atoms with Crippen LogP contribution in [0.4, 0.5) is 4.39 Å². The molecule has 0 unspecified atom stereocenters. The van der Waals surface area contributed by atoms with E-state index in [1.54, 1.807) is 54.6 Å². The molecule has 0 N–H and O–H groups in total. The number of halogens is 1. The monoisotopic (exact) mass is 417 g/mol. The number of methoxy groups -OCH3 is 2. The van der Waals surface area contributed by atoms with Gasteiger partial charge in [0.05, 0.1) is 14.2 Å². The van der Waals surface area contributed by atoms with Gasteiger partial charge in [-0.3, -0.25) is 4.79 Å². The second-order valence-electron chi connectivity index (χ2n) is 6.55. The Balaban J connectivity index is 1.79. The summed E-state index contributed by atoms with van der Waals surface area (Å²) in [5.74, 6) is 0.865. The smallest absolute Gasteiger partial charge is 0.203 e. The van der Waals surface area contributed by atoms with E-state index >= 15 is 0 Å². The van der Waals surface area contributed by atoms with Crippen LogP contribution in [0.25, 0.3) is 6.08 Å². The van der Waals surface area contributed by atoms with Crippen LogP contribution in [0.2, 0.25) is 0 Å². The van der Waals surface area contributed by atoms with Gasteiger partial charge in [0.15, 0.2) is 11.5 Å². The molecule has 0 aromatic heterocycles. The molecular formula is C25H20FNO4. The summed E-state index contributed by atoms with van der Waals surface area (Å²) in [6.07, 6.45) is 1.50. The van der Waals surface area contributed by atoms with Crippen molar-refractivity contribution >= 4 is 11.9 Å². The van der Waals surface area contributed by atoms with Crippen LogP contribution in [0.1, 0.15) is 21.5 Å². The van der Waals surface area contributed by atoms with E-state index in [1.165, 1.54) is 32.4 Å². The summed E-state index contributed by atoms with van der Waals surface area (Å²) in [6, 6.07) is 19.6. The predicted octanol–water partition coefficient (Wildman–Crippen LogP) is 5.21. The summed E-state index contributed by atoms with van der Waals surface area (Å²) in [4.78, 5) is 12.7. The summed E-state index contributed by atoms with van der Waals surface area (Å²) in [6.45, 7) is 0.241. The summed E-state index contributed by atoms with van der Waals surface area (Å²) < 4.78 is 29.3. The van der Waals surface area contributed by atoms with Crippen LogP contribution >= 0.6 is 0 Å². The van der Waals surface area contributed by atoms with Gasteiger partial charge in [-0.25, -0.2) is 4.39 Å². The number of ketones is 1. The van der Waals surface area contributed by atoms with Crippen LogP contribution in [0.3, 0.4) is 0 Å². The Hall–Kier alpha value is -4.11. The molecule has 5 nitrogen and oxygen atoms in total. The zero-order valence-corrected chi connectivity index (χ0v) is 17.1. The standard InChI is InChI=1S/C25H20FNO4/c1-29-22-10-6-19(7-11-22)25(28)20(15-27)13-18-5-12-23(24(14-18)30-2)31-16-17-3-8-21(26)9-4-17/h3-14H,16H2,1-2H3/b20-13+. The van der Waals surface area contributed by atoms with Crippen molar-refractivity contribution < 1.29 is 23.4 Å². The first-order valence-corrected chi connectivity index (χ1v) is 9.40. The second-order valence-corrected chi connectivity index (χ2v) is 6.55. The van der Waals surface area contributed by atoms with Crippen LogP contribution < -0.4 is 14.2 Å². The number of nitrogens with zero attached hydrogens (tertiary/aromatic N) is 1. The largest absolute Gasteiger partial charge is 0.497 e. The lowest BCUT2D eigenvalue weighted by molar-refractivity contribution is 0.104. The van der Waals surface area contributed by atoms with E-state index in [0.29, 0.717) is 28.4 Å². The Morgan fingerprint density at radius 3 is 2.29 bits per heavy atom. The van der Waals surface area contributed by atoms with E-state index in [2.05, 4.69) is 0 Å². The second kappa shape index (κ2) is 10.1. The van der Waals surface area contributed by atoms with Crippen molar-refractivity contribution in [3.05, 3.63) is 94.8 Å². The number of rotatable bonds is 8. The number of nitriles is 1. The van der Waals surface area contributed by atoms with Gasteiger partial charge in [0.25, 0.3) is 0 Å².